The fourth-order valence-corrected chi connectivity index (χ4v) is 4.45. The number of hydrogen-bond acceptors (Lipinski definition) is 3. The van der Waals surface area contributed by atoms with E-state index in [2.05, 4.69) is 30.3 Å². The first kappa shape index (κ1) is 24.1. The average molecular weight is 402 g/mol. The van der Waals surface area contributed by atoms with Crippen molar-refractivity contribution in [1.82, 2.24) is 0 Å². The summed E-state index contributed by atoms with van der Waals surface area (Å²) in [6, 6.07) is 18.4. The second-order valence-corrected chi connectivity index (χ2v) is 7.51. The van der Waals surface area contributed by atoms with E-state index in [0.29, 0.717) is 19.8 Å². The van der Waals surface area contributed by atoms with Gasteiger partial charge in [-0.1, -0.05) is 12.5 Å². The van der Waals surface area contributed by atoms with E-state index in [1.54, 1.807) is 0 Å². The van der Waals surface area contributed by atoms with Gasteiger partial charge in [-0.2, -0.15) is 35.9 Å². The van der Waals surface area contributed by atoms with Crippen molar-refractivity contribution < 1.29 is 30.3 Å². The first-order valence-electron chi connectivity index (χ1n) is 8.73. The molecule has 2 rings (SSSR count). The maximum Gasteiger partial charge on any atom is 2.00 e. The molecule has 0 spiro atoms. The van der Waals surface area contributed by atoms with Crippen LogP contribution in [-0.4, -0.2) is 28.6 Å². The molecule has 0 saturated carbocycles. The third-order valence-corrected chi connectivity index (χ3v) is 5.96. The van der Waals surface area contributed by atoms with E-state index in [9.17, 15) is 0 Å². The van der Waals surface area contributed by atoms with Crippen LogP contribution in [0.1, 0.15) is 32.8 Å². The third kappa shape index (κ3) is 10.6. The molecule has 0 radical (unpaired) electrons. The summed E-state index contributed by atoms with van der Waals surface area (Å²) in [6.07, 6.45) is 4.14. The molecule has 0 atom stereocenters. The minimum absolute atomic E-state index is 0. The quantitative estimate of drug-likeness (QED) is 0.419. The minimum Gasteiger partial charge on any atom is -0.371 e. The van der Waals surface area contributed by atoms with E-state index in [1.165, 1.54) is 5.56 Å². The largest absolute Gasteiger partial charge is 2.00 e. The third-order valence-electron chi connectivity index (χ3n) is 3.25. The van der Waals surface area contributed by atoms with Crippen molar-refractivity contribution in [2.45, 2.75) is 33.6 Å². The Hall–Kier alpha value is -0.944. The molecule has 0 fully saturated rings. The molecule has 0 heterocycles. The zero-order valence-corrected chi connectivity index (χ0v) is 17.6. The predicted molar refractivity (Wildman–Crippen MR) is 102 cm³/mol. The van der Waals surface area contributed by atoms with E-state index in [1.807, 2.05) is 56.8 Å². The molecule has 25 heavy (non-hydrogen) atoms. The summed E-state index contributed by atoms with van der Waals surface area (Å²) in [7, 11) is -2.60. The molecule has 0 aliphatic carbocycles. The molecule has 2 aromatic rings. The molecule has 5 heteroatoms. The fraction of sp³-hybridized carbons (Fsp3) is 0.400. The summed E-state index contributed by atoms with van der Waals surface area (Å²) < 4.78 is 17.3. The Morgan fingerprint density at radius 2 is 1.40 bits per heavy atom. The van der Waals surface area contributed by atoms with Gasteiger partial charge >= 0.3 is 25.9 Å². The number of allylic oxidation sites excluding steroid dienone is 1. The van der Waals surface area contributed by atoms with Crippen molar-refractivity contribution in [2.24, 2.45) is 0 Å². The van der Waals surface area contributed by atoms with E-state index in [-0.39, 0.29) is 17.1 Å². The smallest absolute Gasteiger partial charge is 0.371 e. The zero-order chi connectivity index (χ0) is 17.5. The molecule has 0 aliphatic rings. The molecular formula is C20H30FeO3Si. The Morgan fingerprint density at radius 3 is 1.80 bits per heavy atom. The van der Waals surface area contributed by atoms with Gasteiger partial charge < -0.3 is 13.3 Å². The van der Waals surface area contributed by atoms with Gasteiger partial charge in [-0.15, -0.1) is 0 Å². The minimum atomic E-state index is -2.60. The monoisotopic (exact) mass is 402 g/mol. The van der Waals surface area contributed by atoms with Crippen LogP contribution in [0, 0.1) is 0 Å². The first-order valence-corrected chi connectivity index (χ1v) is 10.5. The van der Waals surface area contributed by atoms with Crippen LogP contribution < -0.4 is 0 Å². The van der Waals surface area contributed by atoms with Gasteiger partial charge in [0.05, 0.1) is 0 Å². The Morgan fingerprint density at radius 1 is 0.880 bits per heavy atom. The van der Waals surface area contributed by atoms with Crippen molar-refractivity contribution in [1.29, 1.82) is 0 Å². The Balaban J connectivity index is 0.000000820. The van der Waals surface area contributed by atoms with Gasteiger partial charge in [0.15, 0.2) is 0 Å². The van der Waals surface area contributed by atoms with Gasteiger partial charge in [-0.3, -0.25) is 0 Å². The van der Waals surface area contributed by atoms with Crippen molar-refractivity contribution in [2.75, 3.05) is 19.8 Å². The summed E-state index contributed by atoms with van der Waals surface area (Å²) in [6.45, 7) is 7.74. The van der Waals surface area contributed by atoms with Gasteiger partial charge in [0, 0.05) is 19.8 Å². The van der Waals surface area contributed by atoms with Crippen LogP contribution >= 0.6 is 0 Å². The van der Waals surface area contributed by atoms with Crippen LogP contribution in [-0.2, 0) is 36.8 Å². The average Bonchev–Trinajstić information content (AvgIpc) is 3.28. The zero-order valence-electron chi connectivity index (χ0n) is 15.5. The summed E-state index contributed by atoms with van der Waals surface area (Å²) in [5.74, 6) is 0. The van der Waals surface area contributed by atoms with E-state index in [0.717, 1.165) is 12.8 Å². The first-order chi connectivity index (χ1) is 11.8. The number of aryl methyl sites for hydroxylation is 1. The predicted octanol–water partition coefficient (Wildman–Crippen LogP) is 4.88. The van der Waals surface area contributed by atoms with Crippen molar-refractivity contribution in [3.8, 4) is 0 Å². The van der Waals surface area contributed by atoms with Crippen LogP contribution in [0.4, 0.5) is 0 Å². The van der Waals surface area contributed by atoms with Gasteiger partial charge in [0.25, 0.3) is 0 Å². The van der Waals surface area contributed by atoms with Crippen LogP contribution in [0.15, 0.2) is 66.4 Å². The molecule has 2 aromatic carbocycles. The standard InChI is InChI=1S/C15H25O3Si.C5H5.Fe/c1-4-16-19(17-5-2,18-6-3)14-10-9-13-15-11-7-8-12-15;1-2-4-5-3-1;/h7-8,10-12,14H,4-6,9,13H2,1-3H3;1-5H;/q2*-1;+2/b14-10-;;. The van der Waals surface area contributed by atoms with Crippen LogP contribution in [0.25, 0.3) is 0 Å². The van der Waals surface area contributed by atoms with E-state index < -0.39 is 8.80 Å². The second kappa shape index (κ2) is 15.3. The second-order valence-electron chi connectivity index (χ2n) is 5.10. The summed E-state index contributed by atoms with van der Waals surface area (Å²) in [5.41, 5.74) is 3.38. The molecule has 140 valence electrons. The maximum atomic E-state index is 5.76. The number of rotatable bonds is 10. The molecule has 0 saturated heterocycles. The maximum absolute atomic E-state index is 5.76. The molecule has 0 unspecified atom stereocenters. The van der Waals surface area contributed by atoms with Gasteiger partial charge in [-0.25, -0.2) is 24.3 Å². The van der Waals surface area contributed by atoms with Crippen molar-refractivity contribution in [3.63, 3.8) is 0 Å². The van der Waals surface area contributed by atoms with Crippen molar-refractivity contribution >= 4 is 8.80 Å². The van der Waals surface area contributed by atoms with Crippen LogP contribution in [0.5, 0.6) is 0 Å². The Bertz CT molecular complexity index is 475. The Kier molecular flexibility index (Phi) is 14.7. The van der Waals surface area contributed by atoms with Gasteiger partial charge in [-0.05, 0) is 32.9 Å². The molecule has 0 N–H and O–H groups in total. The molecule has 3 nitrogen and oxygen atoms in total. The normalized spacial score (nSPS) is 11.0. The van der Waals surface area contributed by atoms with Gasteiger partial charge in [0.1, 0.15) is 0 Å². The Labute approximate surface area is 164 Å². The van der Waals surface area contributed by atoms with E-state index >= 15 is 0 Å². The fourth-order valence-electron chi connectivity index (χ4n) is 2.25. The van der Waals surface area contributed by atoms with Gasteiger partial charge in [0.2, 0.25) is 0 Å². The molecule has 0 amide bonds. The summed E-state index contributed by atoms with van der Waals surface area (Å²) in [5, 5.41) is 0. The molecule has 0 aromatic heterocycles. The van der Waals surface area contributed by atoms with Crippen LogP contribution in [0.2, 0.25) is 0 Å². The SMILES string of the molecule is CCO[Si](/C=C\CC[c-]1cccc1)(OCC)OCC.[Fe+2].c1cc[cH-]c1. The van der Waals surface area contributed by atoms with E-state index in [4.69, 9.17) is 13.3 Å². The number of hydrogen-bond donors (Lipinski definition) is 0. The molecule has 0 bridgehead atoms. The molecule has 0 aliphatic heterocycles. The summed E-state index contributed by atoms with van der Waals surface area (Å²) in [4.78, 5) is 0. The topological polar surface area (TPSA) is 27.7 Å². The molecular weight excluding hydrogens is 372 g/mol. The van der Waals surface area contributed by atoms with Crippen LogP contribution in [0.3, 0.4) is 0 Å². The summed E-state index contributed by atoms with van der Waals surface area (Å²) >= 11 is 0. The van der Waals surface area contributed by atoms with Crippen molar-refractivity contribution in [3.05, 3.63) is 71.9 Å².